The summed E-state index contributed by atoms with van der Waals surface area (Å²) < 4.78 is 0. The zero-order chi connectivity index (χ0) is 12.7. The number of amides is 1. The predicted octanol–water partition coefficient (Wildman–Crippen LogP) is 0.949. The molecule has 1 N–H and O–H groups in total. The Morgan fingerprint density at radius 1 is 1.29 bits per heavy atom. The monoisotopic (exact) mass is 242 g/mol. The summed E-state index contributed by atoms with van der Waals surface area (Å²) in [5, 5.41) is 8.92. The van der Waals surface area contributed by atoms with E-state index in [0.29, 0.717) is 5.91 Å². The zero-order valence-corrected chi connectivity index (χ0v) is 11.2. The van der Waals surface area contributed by atoms with E-state index in [2.05, 4.69) is 11.8 Å². The van der Waals surface area contributed by atoms with Gasteiger partial charge in [-0.15, -0.1) is 0 Å². The maximum Gasteiger partial charge on any atom is 0.225 e. The summed E-state index contributed by atoms with van der Waals surface area (Å²) >= 11 is 0. The first-order valence-corrected chi connectivity index (χ1v) is 6.81. The van der Waals surface area contributed by atoms with Crippen LogP contribution in [0, 0.1) is 5.92 Å². The molecule has 1 amide bonds. The van der Waals surface area contributed by atoms with E-state index >= 15 is 0 Å². The van der Waals surface area contributed by atoms with Crippen LogP contribution in [0.3, 0.4) is 0 Å². The molecule has 0 saturated carbocycles. The van der Waals surface area contributed by atoms with E-state index in [0.717, 1.165) is 52.0 Å². The maximum absolute atomic E-state index is 12.2. The van der Waals surface area contributed by atoms with Crippen LogP contribution in [-0.4, -0.2) is 60.1 Å². The van der Waals surface area contributed by atoms with Gasteiger partial charge in [0.25, 0.3) is 0 Å². The van der Waals surface area contributed by atoms with Crippen molar-refractivity contribution in [1.82, 2.24) is 9.80 Å². The summed E-state index contributed by atoms with van der Waals surface area (Å²) in [7, 11) is 0. The summed E-state index contributed by atoms with van der Waals surface area (Å²) in [6.45, 7) is 8.66. The van der Waals surface area contributed by atoms with Crippen molar-refractivity contribution in [3.8, 4) is 0 Å². The van der Waals surface area contributed by atoms with E-state index in [1.54, 1.807) is 0 Å². The van der Waals surface area contributed by atoms with Crippen molar-refractivity contribution in [1.29, 1.82) is 0 Å². The molecule has 1 aliphatic heterocycles. The molecule has 0 aliphatic carbocycles. The van der Waals surface area contributed by atoms with Gasteiger partial charge in [-0.25, -0.2) is 0 Å². The molecule has 0 bridgehead atoms. The van der Waals surface area contributed by atoms with Crippen LogP contribution in [0.4, 0.5) is 0 Å². The number of carbonyl (C=O) groups is 1. The molecule has 17 heavy (non-hydrogen) atoms. The lowest BCUT2D eigenvalue weighted by atomic mass is 10.0. The lowest BCUT2D eigenvalue weighted by Gasteiger charge is -2.24. The van der Waals surface area contributed by atoms with Gasteiger partial charge in [-0.3, -0.25) is 9.69 Å². The highest BCUT2D eigenvalue weighted by molar-refractivity contribution is 5.78. The minimum atomic E-state index is 0.157. The second-order valence-electron chi connectivity index (χ2n) is 4.93. The van der Waals surface area contributed by atoms with Crippen LogP contribution in [0.2, 0.25) is 0 Å². The number of hydrogen-bond donors (Lipinski definition) is 1. The Morgan fingerprint density at radius 2 is 2.06 bits per heavy atom. The van der Waals surface area contributed by atoms with Gasteiger partial charge in [0.15, 0.2) is 0 Å². The Morgan fingerprint density at radius 3 is 2.71 bits per heavy atom. The van der Waals surface area contributed by atoms with Crippen molar-refractivity contribution < 1.29 is 9.90 Å². The molecule has 1 fully saturated rings. The topological polar surface area (TPSA) is 43.8 Å². The first-order chi connectivity index (χ1) is 8.19. The van der Waals surface area contributed by atoms with Crippen LogP contribution in [0.5, 0.6) is 0 Å². The van der Waals surface area contributed by atoms with Crippen LogP contribution in [0.25, 0.3) is 0 Å². The van der Waals surface area contributed by atoms with Crippen LogP contribution in [0.15, 0.2) is 0 Å². The van der Waals surface area contributed by atoms with Gasteiger partial charge in [0.05, 0.1) is 6.61 Å². The molecule has 1 unspecified atom stereocenters. The molecule has 4 nitrogen and oxygen atoms in total. The molecule has 100 valence electrons. The van der Waals surface area contributed by atoms with Crippen LogP contribution < -0.4 is 0 Å². The molecule has 0 aromatic rings. The van der Waals surface area contributed by atoms with Crippen molar-refractivity contribution in [3.63, 3.8) is 0 Å². The van der Waals surface area contributed by atoms with Gasteiger partial charge < -0.3 is 10.0 Å². The fourth-order valence-corrected chi connectivity index (χ4v) is 2.42. The first kappa shape index (κ1) is 14.5. The van der Waals surface area contributed by atoms with E-state index in [1.165, 1.54) is 0 Å². The molecule has 1 rings (SSSR count). The van der Waals surface area contributed by atoms with Crippen molar-refractivity contribution in [3.05, 3.63) is 0 Å². The largest absolute Gasteiger partial charge is 0.395 e. The van der Waals surface area contributed by atoms with Gasteiger partial charge in [-0.1, -0.05) is 20.3 Å². The van der Waals surface area contributed by atoms with E-state index in [4.69, 9.17) is 5.11 Å². The normalized spacial score (nSPS) is 20.1. The van der Waals surface area contributed by atoms with Gasteiger partial charge in [-0.2, -0.15) is 0 Å². The highest BCUT2D eigenvalue weighted by Gasteiger charge is 2.22. The maximum atomic E-state index is 12.2. The Labute approximate surface area is 105 Å². The predicted molar refractivity (Wildman–Crippen MR) is 68.8 cm³/mol. The molecular weight excluding hydrogens is 216 g/mol. The third kappa shape index (κ3) is 4.64. The zero-order valence-electron chi connectivity index (χ0n) is 11.2. The fourth-order valence-electron chi connectivity index (χ4n) is 2.42. The van der Waals surface area contributed by atoms with Crippen molar-refractivity contribution in [2.45, 2.75) is 33.1 Å². The molecule has 0 aromatic heterocycles. The quantitative estimate of drug-likeness (QED) is 0.780. The Bertz CT molecular complexity index is 233. The van der Waals surface area contributed by atoms with E-state index in [1.807, 2.05) is 11.8 Å². The molecule has 0 spiro atoms. The highest BCUT2D eigenvalue weighted by atomic mass is 16.3. The minimum Gasteiger partial charge on any atom is -0.395 e. The average Bonchev–Trinajstić information content (AvgIpc) is 2.54. The van der Waals surface area contributed by atoms with E-state index < -0.39 is 0 Å². The van der Waals surface area contributed by atoms with Crippen molar-refractivity contribution >= 4 is 5.91 Å². The Kier molecular flexibility index (Phi) is 6.52. The number of aliphatic hydroxyl groups is 1. The summed E-state index contributed by atoms with van der Waals surface area (Å²) in [5.74, 6) is 0.460. The van der Waals surface area contributed by atoms with Crippen LogP contribution in [0.1, 0.15) is 33.1 Å². The molecular formula is C13H26N2O2. The van der Waals surface area contributed by atoms with Gasteiger partial charge in [0, 0.05) is 32.1 Å². The number of hydrogen-bond acceptors (Lipinski definition) is 3. The van der Waals surface area contributed by atoms with Gasteiger partial charge in [0.1, 0.15) is 0 Å². The number of nitrogens with zero attached hydrogens (tertiary/aromatic N) is 2. The van der Waals surface area contributed by atoms with Crippen LogP contribution >= 0.6 is 0 Å². The Balaban J connectivity index is 2.42. The van der Waals surface area contributed by atoms with Gasteiger partial charge >= 0.3 is 0 Å². The smallest absolute Gasteiger partial charge is 0.225 e. The highest BCUT2D eigenvalue weighted by Crippen LogP contribution is 2.12. The third-order valence-corrected chi connectivity index (χ3v) is 3.46. The van der Waals surface area contributed by atoms with E-state index in [-0.39, 0.29) is 12.5 Å². The van der Waals surface area contributed by atoms with Gasteiger partial charge in [-0.05, 0) is 19.4 Å². The fraction of sp³-hybridized carbons (Fsp3) is 0.923. The lowest BCUT2D eigenvalue weighted by Crippen LogP contribution is -2.38. The molecule has 0 aromatic carbocycles. The summed E-state index contributed by atoms with van der Waals surface area (Å²) in [5.41, 5.74) is 0. The van der Waals surface area contributed by atoms with Gasteiger partial charge in [0.2, 0.25) is 5.91 Å². The second kappa shape index (κ2) is 7.67. The average molecular weight is 242 g/mol. The molecule has 0 radical (unpaired) electrons. The number of β-amino-alcohol motifs (C(OH)–C–C–N with tert-alkyl or cyclic N) is 1. The molecule has 1 heterocycles. The standard InChI is InChI=1S/C13H26N2O2/c1-3-5-12(2)13(17)15-7-4-6-14(8-9-15)10-11-16/h12,16H,3-11H2,1-2H3. The summed E-state index contributed by atoms with van der Waals surface area (Å²) in [4.78, 5) is 16.4. The first-order valence-electron chi connectivity index (χ1n) is 6.81. The molecule has 1 atom stereocenters. The van der Waals surface area contributed by atoms with E-state index in [9.17, 15) is 4.79 Å². The molecule has 1 aliphatic rings. The number of carbonyl (C=O) groups excluding carboxylic acids is 1. The second-order valence-corrected chi connectivity index (χ2v) is 4.93. The SMILES string of the molecule is CCCC(C)C(=O)N1CCCN(CCO)CC1. The van der Waals surface area contributed by atoms with Crippen LogP contribution in [-0.2, 0) is 4.79 Å². The van der Waals surface area contributed by atoms with Crippen molar-refractivity contribution in [2.75, 3.05) is 39.3 Å². The summed E-state index contributed by atoms with van der Waals surface area (Å²) in [6, 6.07) is 0. The third-order valence-electron chi connectivity index (χ3n) is 3.46. The minimum absolute atomic E-state index is 0.157. The van der Waals surface area contributed by atoms with Crippen molar-refractivity contribution in [2.24, 2.45) is 5.92 Å². The lowest BCUT2D eigenvalue weighted by molar-refractivity contribution is -0.135. The number of rotatable bonds is 5. The number of aliphatic hydroxyl groups excluding tert-OH is 1. The molecule has 1 saturated heterocycles. The summed E-state index contributed by atoms with van der Waals surface area (Å²) in [6.07, 6.45) is 3.07. The Hall–Kier alpha value is -0.610. The molecule has 4 heteroatoms.